The highest BCUT2D eigenvalue weighted by atomic mass is 16.6. The van der Waals surface area contributed by atoms with Crippen molar-refractivity contribution in [2.45, 2.75) is 58.7 Å². The SMILES string of the molecule is CCNC(=NCC(NC(=O)OC(C)(C)C)c1ccccc1)NC1CC1C. The zero-order valence-electron chi connectivity index (χ0n) is 16.5. The molecule has 0 saturated heterocycles. The van der Waals surface area contributed by atoms with Crippen LogP contribution in [0.5, 0.6) is 0 Å². The zero-order chi connectivity index (χ0) is 19.2. The molecule has 26 heavy (non-hydrogen) atoms. The van der Waals surface area contributed by atoms with Crippen molar-refractivity contribution in [2.24, 2.45) is 10.9 Å². The van der Waals surface area contributed by atoms with Gasteiger partial charge in [-0.3, -0.25) is 4.99 Å². The van der Waals surface area contributed by atoms with Crippen molar-refractivity contribution in [3.63, 3.8) is 0 Å². The van der Waals surface area contributed by atoms with Gasteiger partial charge in [-0.1, -0.05) is 37.3 Å². The summed E-state index contributed by atoms with van der Waals surface area (Å²) in [5.74, 6) is 1.47. The number of rotatable bonds is 6. The van der Waals surface area contributed by atoms with Gasteiger partial charge in [-0.25, -0.2) is 4.79 Å². The van der Waals surface area contributed by atoms with Gasteiger partial charge in [0.05, 0.1) is 12.6 Å². The first-order valence-electron chi connectivity index (χ1n) is 9.38. The zero-order valence-corrected chi connectivity index (χ0v) is 16.5. The number of benzene rings is 1. The molecule has 1 aliphatic rings. The van der Waals surface area contributed by atoms with Crippen LogP contribution in [-0.4, -0.2) is 36.8 Å². The fourth-order valence-corrected chi connectivity index (χ4v) is 2.57. The molecular formula is C20H32N4O2. The van der Waals surface area contributed by atoms with Gasteiger partial charge < -0.3 is 20.7 Å². The third-order valence-corrected chi connectivity index (χ3v) is 4.10. The van der Waals surface area contributed by atoms with Gasteiger partial charge >= 0.3 is 6.09 Å². The van der Waals surface area contributed by atoms with Gasteiger partial charge in [-0.15, -0.1) is 0 Å². The highest BCUT2D eigenvalue weighted by Crippen LogP contribution is 2.28. The largest absolute Gasteiger partial charge is 0.444 e. The molecule has 1 aliphatic carbocycles. The maximum Gasteiger partial charge on any atom is 0.408 e. The first kappa shape index (κ1) is 20.1. The van der Waals surface area contributed by atoms with Gasteiger partial charge in [-0.05, 0) is 45.6 Å². The van der Waals surface area contributed by atoms with E-state index in [-0.39, 0.29) is 6.04 Å². The van der Waals surface area contributed by atoms with Gasteiger partial charge in [-0.2, -0.15) is 0 Å². The monoisotopic (exact) mass is 360 g/mol. The van der Waals surface area contributed by atoms with Crippen LogP contribution >= 0.6 is 0 Å². The van der Waals surface area contributed by atoms with Crippen molar-refractivity contribution in [3.05, 3.63) is 35.9 Å². The molecule has 0 bridgehead atoms. The number of hydrogen-bond acceptors (Lipinski definition) is 3. The summed E-state index contributed by atoms with van der Waals surface area (Å²) >= 11 is 0. The summed E-state index contributed by atoms with van der Waals surface area (Å²) in [6, 6.07) is 10.1. The Morgan fingerprint density at radius 2 is 1.96 bits per heavy atom. The fraction of sp³-hybridized carbons (Fsp3) is 0.600. The Kier molecular flexibility index (Phi) is 6.89. The molecule has 6 nitrogen and oxygen atoms in total. The van der Waals surface area contributed by atoms with Crippen LogP contribution in [0.25, 0.3) is 0 Å². The third-order valence-electron chi connectivity index (χ3n) is 4.10. The van der Waals surface area contributed by atoms with E-state index in [2.05, 4.69) is 27.9 Å². The molecule has 1 saturated carbocycles. The number of carbonyl (C=O) groups is 1. The maximum absolute atomic E-state index is 12.2. The van der Waals surface area contributed by atoms with Gasteiger partial charge in [0.15, 0.2) is 5.96 Å². The van der Waals surface area contributed by atoms with Crippen LogP contribution in [0.1, 0.15) is 52.6 Å². The summed E-state index contributed by atoms with van der Waals surface area (Å²) in [5, 5.41) is 9.64. The van der Waals surface area contributed by atoms with E-state index in [4.69, 9.17) is 4.74 Å². The Bertz CT molecular complexity index is 610. The minimum Gasteiger partial charge on any atom is -0.444 e. The molecule has 144 valence electrons. The lowest BCUT2D eigenvalue weighted by Crippen LogP contribution is -2.40. The highest BCUT2D eigenvalue weighted by molar-refractivity contribution is 5.80. The number of guanidine groups is 1. The standard InChI is InChI=1S/C20H32N4O2/c1-6-21-18(23-16-12-14(16)2)22-13-17(15-10-8-7-9-11-15)24-19(25)26-20(3,4)5/h7-11,14,16-17H,6,12-13H2,1-5H3,(H,24,25)(H2,21,22,23). The number of alkyl carbamates (subject to hydrolysis) is 1. The van der Waals surface area contributed by atoms with Crippen LogP contribution in [0.15, 0.2) is 35.3 Å². The van der Waals surface area contributed by atoms with Gasteiger partial charge in [0.2, 0.25) is 0 Å². The van der Waals surface area contributed by atoms with Crippen molar-refractivity contribution in [1.82, 2.24) is 16.0 Å². The molecule has 1 fully saturated rings. The van der Waals surface area contributed by atoms with E-state index < -0.39 is 11.7 Å². The van der Waals surface area contributed by atoms with Gasteiger partial charge in [0.25, 0.3) is 0 Å². The molecule has 1 amide bonds. The topological polar surface area (TPSA) is 74.8 Å². The number of amides is 1. The highest BCUT2D eigenvalue weighted by Gasteiger charge is 2.33. The molecule has 3 N–H and O–H groups in total. The minimum atomic E-state index is -0.535. The Hall–Kier alpha value is -2.24. The molecular weight excluding hydrogens is 328 g/mol. The maximum atomic E-state index is 12.2. The van der Waals surface area contributed by atoms with Gasteiger partial charge in [0.1, 0.15) is 5.60 Å². The van der Waals surface area contributed by atoms with E-state index in [0.29, 0.717) is 18.5 Å². The van der Waals surface area contributed by atoms with E-state index in [1.54, 1.807) is 0 Å². The fourth-order valence-electron chi connectivity index (χ4n) is 2.57. The first-order valence-corrected chi connectivity index (χ1v) is 9.38. The summed E-state index contributed by atoms with van der Waals surface area (Å²) in [7, 11) is 0. The number of nitrogens with one attached hydrogen (secondary N) is 3. The predicted molar refractivity (Wildman–Crippen MR) is 105 cm³/mol. The molecule has 3 atom stereocenters. The van der Waals surface area contributed by atoms with Crippen LogP contribution in [0, 0.1) is 5.92 Å². The average Bonchev–Trinajstić information content (AvgIpc) is 3.25. The first-order chi connectivity index (χ1) is 12.3. The normalized spacial score (nSPS) is 20.9. The van der Waals surface area contributed by atoms with E-state index >= 15 is 0 Å². The van der Waals surface area contributed by atoms with Crippen LogP contribution in [0.2, 0.25) is 0 Å². The Labute approximate surface area is 156 Å². The number of ether oxygens (including phenoxy) is 1. The van der Waals surface area contributed by atoms with Gasteiger partial charge in [0, 0.05) is 12.6 Å². The smallest absolute Gasteiger partial charge is 0.408 e. The molecule has 0 heterocycles. The number of aliphatic imine (C=N–C) groups is 1. The molecule has 1 aromatic rings. The Morgan fingerprint density at radius 1 is 1.31 bits per heavy atom. The van der Waals surface area contributed by atoms with E-state index in [0.717, 1.165) is 18.1 Å². The molecule has 0 spiro atoms. The summed E-state index contributed by atoms with van der Waals surface area (Å²) in [6.07, 6.45) is 0.734. The average molecular weight is 361 g/mol. The lowest BCUT2D eigenvalue weighted by molar-refractivity contribution is 0.0505. The number of nitrogens with zero attached hydrogens (tertiary/aromatic N) is 1. The van der Waals surface area contributed by atoms with Crippen molar-refractivity contribution in [1.29, 1.82) is 0 Å². The molecule has 3 unspecified atom stereocenters. The summed E-state index contributed by atoms with van der Waals surface area (Å²) in [4.78, 5) is 16.9. The minimum absolute atomic E-state index is 0.252. The second kappa shape index (κ2) is 8.92. The Balaban J connectivity index is 2.07. The van der Waals surface area contributed by atoms with Crippen molar-refractivity contribution >= 4 is 12.1 Å². The van der Waals surface area contributed by atoms with E-state index in [1.165, 1.54) is 6.42 Å². The summed E-state index contributed by atoms with van der Waals surface area (Å²) < 4.78 is 5.40. The predicted octanol–water partition coefficient (Wildman–Crippen LogP) is 3.22. The lowest BCUT2D eigenvalue weighted by Gasteiger charge is -2.23. The van der Waals surface area contributed by atoms with E-state index in [9.17, 15) is 4.79 Å². The molecule has 2 rings (SSSR count). The number of carbonyl (C=O) groups excluding carboxylic acids is 1. The second-order valence-electron chi connectivity index (χ2n) is 7.79. The Morgan fingerprint density at radius 3 is 2.50 bits per heavy atom. The summed E-state index contributed by atoms with van der Waals surface area (Å²) in [5.41, 5.74) is 0.463. The molecule has 6 heteroatoms. The summed E-state index contributed by atoms with van der Waals surface area (Å²) in [6.45, 7) is 11.0. The second-order valence-corrected chi connectivity index (χ2v) is 7.79. The molecule has 0 radical (unpaired) electrons. The molecule has 1 aromatic carbocycles. The van der Waals surface area contributed by atoms with Crippen molar-refractivity contribution < 1.29 is 9.53 Å². The van der Waals surface area contributed by atoms with Crippen LogP contribution < -0.4 is 16.0 Å². The third kappa shape index (κ3) is 6.94. The molecule has 0 aliphatic heterocycles. The van der Waals surface area contributed by atoms with Crippen LogP contribution in [0.4, 0.5) is 4.79 Å². The number of hydrogen-bond donors (Lipinski definition) is 3. The lowest BCUT2D eigenvalue weighted by atomic mass is 10.1. The van der Waals surface area contributed by atoms with E-state index in [1.807, 2.05) is 58.0 Å². The molecule has 0 aromatic heterocycles. The quantitative estimate of drug-likeness (QED) is 0.538. The van der Waals surface area contributed by atoms with Crippen molar-refractivity contribution in [2.75, 3.05) is 13.1 Å². The van der Waals surface area contributed by atoms with Crippen molar-refractivity contribution in [3.8, 4) is 0 Å². The van der Waals surface area contributed by atoms with Crippen LogP contribution in [0.3, 0.4) is 0 Å². The van der Waals surface area contributed by atoms with Crippen LogP contribution in [-0.2, 0) is 4.74 Å².